The summed E-state index contributed by atoms with van der Waals surface area (Å²) in [7, 11) is 2.24. The van der Waals surface area contributed by atoms with Gasteiger partial charge in [-0.25, -0.2) is 0 Å². The summed E-state index contributed by atoms with van der Waals surface area (Å²) >= 11 is 0. The van der Waals surface area contributed by atoms with E-state index in [9.17, 15) is 0 Å². The predicted molar refractivity (Wildman–Crippen MR) is 93.3 cm³/mol. The molecule has 0 saturated heterocycles. The average Bonchev–Trinajstić information content (AvgIpc) is 3.02. The maximum absolute atomic E-state index is 6.05. The Bertz CT molecular complexity index is 614. The highest BCUT2D eigenvalue weighted by atomic mass is 16.5. The number of benzene rings is 1. The fraction of sp³-hybridized carbons (Fsp3) is 0.450. The third kappa shape index (κ3) is 4.32. The van der Waals surface area contributed by atoms with Crippen LogP contribution >= 0.6 is 0 Å². The molecule has 0 bridgehead atoms. The normalized spacial score (nSPS) is 20.8. The summed E-state index contributed by atoms with van der Waals surface area (Å²) in [6.45, 7) is 3.90. The van der Waals surface area contributed by atoms with E-state index in [1.807, 2.05) is 18.2 Å². The Morgan fingerprint density at radius 1 is 1.13 bits per heavy atom. The number of ether oxygens (including phenoxy) is 1. The van der Waals surface area contributed by atoms with Gasteiger partial charge in [-0.05, 0) is 56.0 Å². The van der Waals surface area contributed by atoms with Crippen molar-refractivity contribution in [1.29, 1.82) is 0 Å². The molecule has 23 heavy (non-hydrogen) atoms. The van der Waals surface area contributed by atoms with Crippen LogP contribution < -0.4 is 4.74 Å². The molecule has 1 saturated carbocycles. The molecule has 2 unspecified atom stereocenters. The Kier molecular flexibility index (Phi) is 5.29. The van der Waals surface area contributed by atoms with Crippen molar-refractivity contribution in [2.75, 3.05) is 7.05 Å². The lowest BCUT2D eigenvalue weighted by atomic mass is 10.1. The van der Waals surface area contributed by atoms with E-state index in [1.54, 1.807) is 12.4 Å². The van der Waals surface area contributed by atoms with Crippen molar-refractivity contribution in [3.8, 4) is 5.75 Å². The SMILES string of the molecule is CC1CCC(N(C)Cc2ccccc2OCc2ccncc2)C1. The number of hydrogen-bond acceptors (Lipinski definition) is 3. The van der Waals surface area contributed by atoms with Crippen molar-refractivity contribution < 1.29 is 4.74 Å². The third-order valence-electron chi connectivity index (χ3n) is 4.83. The lowest BCUT2D eigenvalue weighted by Gasteiger charge is -2.25. The van der Waals surface area contributed by atoms with E-state index in [0.717, 1.165) is 23.8 Å². The molecule has 2 aromatic rings. The number of nitrogens with zero attached hydrogens (tertiary/aromatic N) is 2. The first kappa shape index (κ1) is 16.0. The quantitative estimate of drug-likeness (QED) is 0.796. The van der Waals surface area contributed by atoms with Crippen LogP contribution in [0.1, 0.15) is 37.3 Å². The molecular weight excluding hydrogens is 284 g/mol. The smallest absolute Gasteiger partial charge is 0.124 e. The molecule has 1 aromatic heterocycles. The molecule has 1 heterocycles. The van der Waals surface area contributed by atoms with Gasteiger partial charge < -0.3 is 4.74 Å². The topological polar surface area (TPSA) is 25.4 Å². The second-order valence-electron chi connectivity index (χ2n) is 6.74. The number of hydrogen-bond donors (Lipinski definition) is 0. The van der Waals surface area contributed by atoms with E-state index in [-0.39, 0.29) is 0 Å². The first-order valence-electron chi connectivity index (χ1n) is 8.52. The van der Waals surface area contributed by atoms with E-state index in [2.05, 4.69) is 42.1 Å². The summed E-state index contributed by atoms with van der Waals surface area (Å²) in [5.41, 5.74) is 2.41. The van der Waals surface area contributed by atoms with Crippen LogP contribution in [0.4, 0.5) is 0 Å². The van der Waals surface area contributed by atoms with Gasteiger partial charge in [-0.3, -0.25) is 9.88 Å². The monoisotopic (exact) mass is 310 g/mol. The molecule has 0 N–H and O–H groups in total. The molecule has 0 aliphatic heterocycles. The third-order valence-corrected chi connectivity index (χ3v) is 4.83. The molecule has 122 valence electrons. The van der Waals surface area contributed by atoms with E-state index in [4.69, 9.17) is 4.74 Å². The number of pyridine rings is 1. The molecule has 0 spiro atoms. The molecule has 2 atom stereocenters. The molecule has 0 radical (unpaired) electrons. The largest absolute Gasteiger partial charge is 0.489 e. The fourth-order valence-electron chi connectivity index (χ4n) is 3.39. The van der Waals surface area contributed by atoms with Crippen LogP contribution in [-0.2, 0) is 13.2 Å². The fourth-order valence-corrected chi connectivity index (χ4v) is 3.39. The minimum atomic E-state index is 0.587. The van der Waals surface area contributed by atoms with Gasteiger partial charge in [-0.15, -0.1) is 0 Å². The highest BCUT2D eigenvalue weighted by Crippen LogP contribution is 2.30. The molecule has 3 heteroatoms. The summed E-state index contributed by atoms with van der Waals surface area (Å²) in [6, 6.07) is 13.1. The van der Waals surface area contributed by atoms with Crippen LogP contribution in [0.5, 0.6) is 5.75 Å². The summed E-state index contributed by atoms with van der Waals surface area (Å²) in [5.74, 6) is 1.85. The zero-order valence-electron chi connectivity index (χ0n) is 14.1. The summed E-state index contributed by atoms with van der Waals surface area (Å²) in [5, 5.41) is 0. The molecule has 1 aliphatic rings. The van der Waals surface area contributed by atoms with E-state index in [1.165, 1.54) is 24.8 Å². The van der Waals surface area contributed by atoms with Crippen LogP contribution in [0, 0.1) is 5.92 Å². The summed E-state index contributed by atoms with van der Waals surface area (Å²) in [4.78, 5) is 6.53. The van der Waals surface area contributed by atoms with Gasteiger partial charge in [0, 0.05) is 30.5 Å². The second kappa shape index (κ2) is 7.60. The maximum atomic E-state index is 6.05. The number of rotatable bonds is 6. The van der Waals surface area contributed by atoms with Gasteiger partial charge in [0.25, 0.3) is 0 Å². The van der Waals surface area contributed by atoms with Crippen molar-refractivity contribution in [3.05, 3.63) is 59.9 Å². The Morgan fingerprint density at radius 3 is 2.65 bits per heavy atom. The van der Waals surface area contributed by atoms with Crippen molar-refractivity contribution in [2.24, 2.45) is 5.92 Å². The summed E-state index contributed by atoms with van der Waals surface area (Å²) < 4.78 is 6.05. The predicted octanol–water partition coefficient (Wildman–Crippen LogP) is 4.28. The van der Waals surface area contributed by atoms with Crippen molar-refractivity contribution >= 4 is 0 Å². The van der Waals surface area contributed by atoms with Crippen LogP contribution in [0.25, 0.3) is 0 Å². The van der Waals surface area contributed by atoms with Gasteiger partial charge >= 0.3 is 0 Å². The molecule has 1 fully saturated rings. The van der Waals surface area contributed by atoms with Gasteiger partial charge in [-0.1, -0.05) is 25.1 Å². The maximum Gasteiger partial charge on any atom is 0.124 e. The lowest BCUT2D eigenvalue weighted by molar-refractivity contribution is 0.226. The van der Waals surface area contributed by atoms with Gasteiger partial charge in [0.1, 0.15) is 12.4 Å². The van der Waals surface area contributed by atoms with Crippen LogP contribution in [0.3, 0.4) is 0 Å². The van der Waals surface area contributed by atoms with Crippen LogP contribution in [0.2, 0.25) is 0 Å². The first-order valence-corrected chi connectivity index (χ1v) is 8.52. The van der Waals surface area contributed by atoms with Crippen LogP contribution in [0.15, 0.2) is 48.8 Å². The Labute approximate surface area is 139 Å². The highest BCUT2D eigenvalue weighted by molar-refractivity contribution is 5.33. The second-order valence-corrected chi connectivity index (χ2v) is 6.74. The standard InChI is InChI=1S/C20H26N2O/c1-16-7-8-19(13-16)22(2)14-18-5-3-4-6-20(18)23-15-17-9-11-21-12-10-17/h3-6,9-12,16,19H,7-8,13-15H2,1-2H3. The van der Waals surface area contributed by atoms with Crippen molar-refractivity contribution in [2.45, 2.75) is 45.4 Å². The molecule has 1 aliphatic carbocycles. The highest BCUT2D eigenvalue weighted by Gasteiger charge is 2.25. The zero-order chi connectivity index (χ0) is 16.1. The molecular formula is C20H26N2O. The van der Waals surface area contributed by atoms with E-state index >= 15 is 0 Å². The minimum absolute atomic E-state index is 0.587. The van der Waals surface area contributed by atoms with E-state index < -0.39 is 0 Å². The van der Waals surface area contributed by atoms with Crippen molar-refractivity contribution in [1.82, 2.24) is 9.88 Å². The van der Waals surface area contributed by atoms with E-state index in [0.29, 0.717) is 12.6 Å². The Morgan fingerprint density at radius 2 is 1.91 bits per heavy atom. The molecule has 1 aromatic carbocycles. The van der Waals surface area contributed by atoms with Gasteiger partial charge in [-0.2, -0.15) is 0 Å². The van der Waals surface area contributed by atoms with Gasteiger partial charge in [0.05, 0.1) is 0 Å². The Hall–Kier alpha value is -1.87. The molecule has 3 nitrogen and oxygen atoms in total. The lowest BCUT2D eigenvalue weighted by Crippen LogP contribution is -2.29. The average molecular weight is 310 g/mol. The van der Waals surface area contributed by atoms with Crippen LogP contribution in [-0.4, -0.2) is 23.0 Å². The molecule has 3 rings (SSSR count). The van der Waals surface area contributed by atoms with Crippen molar-refractivity contribution in [3.63, 3.8) is 0 Å². The minimum Gasteiger partial charge on any atom is -0.489 e. The number of para-hydroxylation sites is 1. The summed E-state index contributed by atoms with van der Waals surface area (Å²) in [6.07, 6.45) is 7.60. The number of aromatic nitrogens is 1. The van der Waals surface area contributed by atoms with Gasteiger partial charge in [0.2, 0.25) is 0 Å². The Balaban J connectivity index is 1.63. The van der Waals surface area contributed by atoms with Gasteiger partial charge in [0.15, 0.2) is 0 Å². The first-order chi connectivity index (χ1) is 11.2. The zero-order valence-corrected chi connectivity index (χ0v) is 14.1. The molecule has 0 amide bonds.